The lowest BCUT2D eigenvalue weighted by molar-refractivity contribution is -0.126. The average molecular weight is 396 g/mol. The molecule has 2 aliphatic rings. The predicted molar refractivity (Wildman–Crippen MR) is 114 cm³/mol. The number of hydrogen-bond acceptors (Lipinski definition) is 3. The molecule has 0 radical (unpaired) electrons. The van der Waals surface area contributed by atoms with Gasteiger partial charge in [0.1, 0.15) is 0 Å². The monoisotopic (exact) mass is 395 g/mol. The van der Waals surface area contributed by atoms with Crippen LogP contribution in [-0.2, 0) is 9.22 Å². The summed E-state index contributed by atoms with van der Waals surface area (Å²) in [6, 6.07) is -0.0539. The Kier molecular flexibility index (Phi) is 7.37. The number of hydrogen-bond donors (Lipinski definition) is 1. The zero-order valence-electron chi connectivity index (χ0n) is 18.4. The Morgan fingerprint density at radius 2 is 2.04 bits per heavy atom. The van der Waals surface area contributed by atoms with Crippen LogP contribution >= 0.6 is 0 Å². The van der Waals surface area contributed by atoms with E-state index in [0.29, 0.717) is 11.8 Å². The number of carbonyl (C=O) groups is 1. The molecule has 2 atom stereocenters. The van der Waals surface area contributed by atoms with E-state index in [-0.39, 0.29) is 29.7 Å². The second kappa shape index (κ2) is 8.79. The summed E-state index contributed by atoms with van der Waals surface area (Å²) in [5, 5.41) is 9.70. The van der Waals surface area contributed by atoms with Crippen molar-refractivity contribution in [2.45, 2.75) is 109 Å². The molecule has 0 spiro atoms. The topological polar surface area (TPSA) is 49.8 Å². The highest BCUT2D eigenvalue weighted by Gasteiger charge is 2.48. The van der Waals surface area contributed by atoms with Crippen molar-refractivity contribution in [2.24, 2.45) is 5.41 Å². The van der Waals surface area contributed by atoms with Crippen LogP contribution in [0.15, 0.2) is 12.3 Å². The molecule has 1 heterocycles. The lowest BCUT2D eigenvalue weighted by atomic mass is 9.62. The van der Waals surface area contributed by atoms with Gasteiger partial charge in [0.15, 0.2) is 8.32 Å². The minimum absolute atomic E-state index is 0.0414. The molecule has 1 N–H and O–H groups in total. The van der Waals surface area contributed by atoms with Crippen LogP contribution in [0.5, 0.6) is 0 Å². The summed E-state index contributed by atoms with van der Waals surface area (Å²) in [4.78, 5) is 13.8. The SMILES string of the molecule is CCCC1(C(C/C=C/N2C(=O)CCC2CO)O[Si](C)(C)C(C)(C)C)CCC1. The Hall–Kier alpha value is -0.653. The zero-order chi connectivity index (χ0) is 20.3. The summed E-state index contributed by atoms with van der Waals surface area (Å²) in [6.45, 7) is 13.9. The molecule has 1 saturated carbocycles. The first-order valence-electron chi connectivity index (χ1n) is 10.8. The number of amides is 1. The molecule has 1 amide bonds. The van der Waals surface area contributed by atoms with E-state index in [1.54, 1.807) is 4.90 Å². The van der Waals surface area contributed by atoms with Crippen LogP contribution in [0.4, 0.5) is 0 Å². The summed E-state index contributed by atoms with van der Waals surface area (Å²) >= 11 is 0. The van der Waals surface area contributed by atoms with Crippen molar-refractivity contribution in [3.63, 3.8) is 0 Å². The Labute approximate surface area is 167 Å². The maximum atomic E-state index is 12.1. The highest BCUT2D eigenvalue weighted by molar-refractivity contribution is 6.74. The third-order valence-electron chi connectivity index (χ3n) is 7.22. The van der Waals surface area contributed by atoms with Crippen LogP contribution in [-0.4, -0.2) is 43.0 Å². The van der Waals surface area contributed by atoms with Gasteiger partial charge in [0.2, 0.25) is 5.91 Å². The maximum absolute atomic E-state index is 12.1. The van der Waals surface area contributed by atoms with Crippen LogP contribution in [0.25, 0.3) is 0 Å². The van der Waals surface area contributed by atoms with E-state index < -0.39 is 8.32 Å². The fourth-order valence-electron chi connectivity index (χ4n) is 4.26. The molecule has 27 heavy (non-hydrogen) atoms. The summed E-state index contributed by atoms with van der Waals surface area (Å²) in [5.74, 6) is 0.124. The van der Waals surface area contributed by atoms with Gasteiger partial charge in [0.05, 0.1) is 18.8 Å². The summed E-state index contributed by atoms with van der Waals surface area (Å²) < 4.78 is 6.94. The molecule has 1 aliphatic carbocycles. The normalized spacial score (nSPS) is 24.5. The third kappa shape index (κ3) is 5.04. The second-order valence-electron chi connectivity index (χ2n) is 10.1. The first kappa shape index (κ1) is 22.6. The fourth-order valence-corrected chi connectivity index (χ4v) is 5.67. The molecular formula is C22H41NO3Si. The highest BCUT2D eigenvalue weighted by atomic mass is 28.4. The molecule has 2 fully saturated rings. The summed E-state index contributed by atoms with van der Waals surface area (Å²) in [5.41, 5.74) is 0.306. The molecule has 0 aromatic heterocycles. The minimum atomic E-state index is -1.86. The summed E-state index contributed by atoms with van der Waals surface area (Å²) in [6.07, 6.45) is 12.7. The molecule has 0 aromatic carbocycles. The van der Waals surface area contributed by atoms with E-state index in [4.69, 9.17) is 4.43 Å². The Morgan fingerprint density at radius 3 is 2.52 bits per heavy atom. The van der Waals surface area contributed by atoms with Crippen molar-refractivity contribution in [2.75, 3.05) is 6.61 Å². The quantitative estimate of drug-likeness (QED) is 0.544. The fraction of sp³-hybridized carbons (Fsp3) is 0.864. The third-order valence-corrected chi connectivity index (χ3v) is 11.7. The zero-order valence-corrected chi connectivity index (χ0v) is 19.4. The first-order chi connectivity index (χ1) is 12.6. The van der Waals surface area contributed by atoms with Gasteiger partial charge in [-0.2, -0.15) is 0 Å². The highest BCUT2D eigenvalue weighted by Crippen LogP contribution is 2.52. The van der Waals surface area contributed by atoms with E-state index in [9.17, 15) is 9.90 Å². The van der Waals surface area contributed by atoms with Gasteiger partial charge < -0.3 is 14.4 Å². The van der Waals surface area contributed by atoms with E-state index in [1.165, 1.54) is 32.1 Å². The van der Waals surface area contributed by atoms with Crippen molar-refractivity contribution in [1.29, 1.82) is 0 Å². The van der Waals surface area contributed by atoms with Gasteiger partial charge >= 0.3 is 0 Å². The molecule has 5 heteroatoms. The van der Waals surface area contributed by atoms with Crippen molar-refractivity contribution >= 4 is 14.2 Å². The van der Waals surface area contributed by atoms with Crippen LogP contribution in [0.1, 0.15) is 79.1 Å². The van der Waals surface area contributed by atoms with E-state index in [2.05, 4.69) is 46.9 Å². The molecule has 0 aromatic rings. The number of aliphatic hydroxyl groups is 1. The van der Waals surface area contributed by atoms with Crippen molar-refractivity contribution < 1.29 is 14.3 Å². The first-order valence-corrected chi connectivity index (χ1v) is 13.7. The van der Waals surface area contributed by atoms with E-state index >= 15 is 0 Å². The molecule has 2 unspecified atom stereocenters. The molecule has 2 rings (SSSR count). The maximum Gasteiger partial charge on any atom is 0.226 e. The smallest absolute Gasteiger partial charge is 0.226 e. The Morgan fingerprint density at radius 1 is 1.37 bits per heavy atom. The van der Waals surface area contributed by atoms with Gasteiger partial charge in [0, 0.05) is 12.6 Å². The Bertz CT molecular complexity index is 534. The molecular weight excluding hydrogens is 354 g/mol. The number of aliphatic hydroxyl groups excluding tert-OH is 1. The molecule has 0 bridgehead atoms. The van der Waals surface area contributed by atoms with Gasteiger partial charge in [-0.25, -0.2) is 0 Å². The van der Waals surface area contributed by atoms with Gasteiger partial charge in [-0.05, 0) is 55.7 Å². The van der Waals surface area contributed by atoms with Crippen LogP contribution in [0, 0.1) is 5.41 Å². The standard InChI is InChI=1S/C22H41NO3Si/c1-7-13-22(14-9-15-22)19(26-27(5,6)21(2,3)4)10-8-16-23-18(17-24)11-12-20(23)25/h8,16,18-19,24H,7,9-15,17H2,1-6H3/b16-8+. The van der Waals surface area contributed by atoms with E-state index in [0.717, 1.165) is 12.8 Å². The van der Waals surface area contributed by atoms with Crippen LogP contribution in [0.2, 0.25) is 18.1 Å². The van der Waals surface area contributed by atoms with Crippen LogP contribution in [0.3, 0.4) is 0 Å². The average Bonchev–Trinajstić information content (AvgIpc) is 2.89. The molecule has 156 valence electrons. The molecule has 4 nitrogen and oxygen atoms in total. The van der Waals surface area contributed by atoms with Gasteiger partial charge in [-0.15, -0.1) is 0 Å². The van der Waals surface area contributed by atoms with Gasteiger partial charge in [0.25, 0.3) is 0 Å². The van der Waals surface area contributed by atoms with Crippen molar-refractivity contribution in [3.8, 4) is 0 Å². The minimum Gasteiger partial charge on any atom is -0.413 e. The summed E-state index contributed by atoms with van der Waals surface area (Å²) in [7, 11) is -1.86. The molecule has 1 aliphatic heterocycles. The lowest BCUT2D eigenvalue weighted by Crippen LogP contribution is -2.51. The number of carbonyl (C=O) groups excluding carboxylic acids is 1. The predicted octanol–water partition coefficient (Wildman–Crippen LogP) is 5.23. The Balaban J connectivity index is 2.15. The van der Waals surface area contributed by atoms with Crippen molar-refractivity contribution in [3.05, 3.63) is 12.3 Å². The van der Waals surface area contributed by atoms with Crippen molar-refractivity contribution in [1.82, 2.24) is 4.90 Å². The van der Waals surface area contributed by atoms with Gasteiger partial charge in [-0.1, -0.05) is 46.6 Å². The number of nitrogens with zero attached hydrogens (tertiary/aromatic N) is 1. The van der Waals surface area contributed by atoms with Crippen LogP contribution < -0.4 is 0 Å². The van der Waals surface area contributed by atoms with Gasteiger partial charge in [-0.3, -0.25) is 4.79 Å². The molecule has 1 saturated heterocycles. The lowest BCUT2D eigenvalue weighted by Gasteiger charge is -2.51. The second-order valence-corrected chi connectivity index (χ2v) is 14.9. The van der Waals surface area contributed by atoms with E-state index in [1.807, 2.05) is 6.20 Å². The largest absolute Gasteiger partial charge is 0.413 e. The number of rotatable bonds is 9. The number of likely N-dealkylation sites (tertiary alicyclic amines) is 1.